The molecule has 0 aliphatic heterocycles. The van der Waals surface area contributed by atoms with Gasteiger partial charge in [0.1, 0.15) is 5.75 Å². The van der Waals surface area contributed by atoms with Gasteiger partial charge in [0.05, 0.1) is 22.0 Å². The average molecular weight is 329 g/mol. The average Bonchev–Trinajstić information content (AvgIpc) is 3.10. The van der Waals surface area contributed by atoms with Crippen LogP contribution < -0.4 is 15.8 Å². The zero-order chi connectivity index (χ0) is 13.3. The van der Waals surface area contributed by atoms with E-state index in [1.54, 1.807) is 25.3 Å². The second kappa shape index (κ2) is 4.85. The Kier molecular flexibility index (Phi) is 3.59. The van der Waals surface area contributed by atoms with Crippen molar-refractivity contribution in [1.29, 1.82) is 0 Å². The smallest absolute Gasteiger partial charge is 0.237 e. The molecule has 1 aliphatic carbocycles. The molecule has 4 nitrogen and oxygen atoms in total. The number of thiocarbonyl (C=S) groups is 1. The zero-order valence-corrected chi connectivity index (χ0v) is 12.2. The molecule has 3 N–H and O–H groups in total. The number of hydrogen-bond donors (Lipinski definition) is 2. The lowest BCUT2D eigenvalue weighted by atomic mass is 10.1. The van der Waals surface area contributed by atoms with E-state index in [4.69, 9.17) is 22.7 Å². The summed E-state index contributed by atoms with van der Waals surface area (Å²) in [6.45, 7) is 0. The Labute approximate surface area is 119 Å². The highest BCUT2D eigenvalue weighted by atomic mass is 79.9. The predicted molar refractivity (Wildman–Crippen MR) is 77.8 cm³/mol. The topological polar surface area (TPSA) is 64.3 Å². The van der Waals surface area contributed by atoms with Crippen LogP contribution in [0.5, 0.6) is 5.75 Å². The summed E-state index contributed by atoms with van der Waals surface area (Å²) in [6, 6.07) is 5.34. The number of ether oxygens (including phenoxy) is 1. The summed E-state index contributed by atoms with van der Waals surface area (Å²) in [6.07, 6.45) is 1.46. The Morgan fingerprint density at radius 3 is 2.67 bits per heavy atom. The minimum atomic E-state index is -0.637. The number of nitrogens with two attached hydrogens (primary N) is 1. The Hall–Kier alpha value is -1.14. The monoisotopic (exact) mass is 328 g/mol. The summed E-state index contributed by atoms with van der Waals surface area (Å²) >= 11 is 8.31. The molecule has 1 aromatic rings. The molecule has 96 valence electrons. The van der Waals surface area contributed by atoms with Crippen LogP contribution in [-0.4, -0.2) is 18.0 Å². The first kappa shape index (κ1) is 13.3. The number of hydrogen-bond acceptors (Lipinski definition) is 3. The number of nitrogens with one attached hydrogen (secondary N) is 1. The van der Waals surface area contributed by atoms with Gasteiger partial charge in [0.25, 0.3) is 0 Å². The molecule has 0 radical (unpaired) electrons. The van der Waals surface area contributed by atoms with E-state index in [9.17, 15) is 4.79 Å². The van der Waals surface area contributed by atoms with Crippen LogP contribution in [0.3, 0.4) is 0 Å². The highest BCUT2D eigenvalue weighted by Gasteiger charge is 2.52. The Bertz CT molecular complexity index is 515. The molecule has 0 bridgehead atoms. The van der Waals surface area contributed by atoms with Crippen molar-refractivity contribution in [2.45, 2.75) is 12.8 Å². The van der Waals surface area contributed by atoms with E-state index in [1.165, 1.54) is 0 Å². The van der Waals surface area contributed by atoms with Crippen molar-refractivity contribution in [3.8, 4) is 5.75 Å². The fourth-order valence-electron chi connectivity index (χ4n) is 1.71. The second-order valence-electron chi connectivity index (χ2n) is 4.25. The third-order valence-corrected chi connectivity index (χ3v) is 4.08. The van der Waals surface area contributed by atoms with Crippen molar-refractivity contribution in [1.82, 2.24) is 0 Å². The first-order valence-electron chi connectivity index (χ1n) is 5.44. The second-order valence-corrected chi connectivity index (χ2v) is 5.54. The van der Waals surface area contributed by atoms with Gasteiger partial charge in [-0.15, -0.1) is 0 Å². The summed E-state index contributed by atoms with van der Waals surface area (Å²) in [5.41, 5.74) is 5.66. The zero-order valence-electron chi connectivity index (χ0n) is 9.83. The molecule has 2 rings (SSSR count). The Morgan fingerprint density at radius 1 is 1.56 bits per heavy atom. The van der Waals surface area contributed by atoms with Crippen LogP contribution in [0.15, 0.2) is 22.7 Å². The van der Waals surface area contributed by atoms with Crippen molar-refractivity contribution < 1.29 is 9.53 Å². The van der Waals surface area contributed by atoms with Crippen molar-refractivity contribution in [3.05, 3.63) is 22.7 Å². The van der Waals surface area contributed by atoms with Crippen LogP contribution in [0.1, 0.15) is 12.8 Å². The van der Waals surface area contributed by atoms with Gasteiger partial charge in [-0.1, -0.05) is 12.2 Å². The van der Waals surface area contributed by atoms with Crippen molar-refractivity contribution in [2.24, 2.45) is 11.1 Å². The molecular formula is C12H13BrN2O2S. The maximum atomic E-state index is 12.1. The van der Waals surface area contributed by atoms with Gasteiger partial charge in [0.15, 0.2) is 0 Å². The van der Waals surface area contributed by atoms with Crippen molar-refractivity contribution in [2.75, 3.05) is 12.4 Å². The quantitative estimate of drug-likeness (QED) is 0.833. The van der Waals surface area contributed by atoms with Gasteiger partial charge in [-0.3, -0.25) is 4.79 Å². The number of carbonyl (C=O) groups is 1. The molecule has 18 heavy (non-hydrogen) atoms. The summed E-state index contributed by atoms with van der Waals surface area (Å²) in [5, 5.41) is 2.83. The van der Waals surface area contributed by atoms with Gasteiger partial charge in [-0.2, -0.15) is 0 Å². The van der Waals surface area contributed by atoms with Gasteiger partial charge in [-0.25, -0.2) is 0 Å². The molecule has 1 aromatic carbocycles. The largest absolute Gasteiger partial charge is 0.496 e. The van der Waals surface area contributed by atoms with Gasteiger partial charge in [-0.05, 0) is 47.0 Å². The SMILES string of the molecule is COc1ccc(NC(=O)C2(C(N)=S)CC2)cc1Br. The number of rotatable bonds is 4. The Balaban J connectivity index is 2.13. The molecule has 0 saturated heterocycles. The molecule has 0 heterocycles. The van der Waals surface area contributed by atoms with E-state index in [-0.39, 0.29) is 10.9 Å². The van der Waals surface area contributed by atoms with Crippen LogP contribution in [0.4, 0.5) is 5.69 Å². The number of benzene rings is 1. The third kappa shape index (κ3) is 2.35. The van der Waals surface area contributed by atoms with Crippen molar-refractivity contribution >= 4 is 44.7 Å². The minimum absolute atomic E-state index is 0.132. The molecule has 1 saturated carbocycles. The van der Waals surface area contributed by atoms with Gasteiger partial charge in [0.2, 0.25) is 5.91 Å². The molecule has 1 aliphatic rings. The van der Waals surface area contributed by atoms with Gasteiger partial charge in [0, 0.05) is 5.69 Å². The number of halogens is 1. The molecule has 1 amide bonds. The lowest BCUT2D eigenvalue weighted by Gasteiger charge is -2.14. The maximum absolute atomic E-state index is 12.1. The lowest BCUT2D eigenvalue weighted by molar-refractivity contribution is -0.118. The maximum Gasteiger partial charge on any atom is 0.237 e. The van der Waals surface area contributed by atoms with Gasteiger partial charge < -0.3 is 15.8 Å². The summed E-state index contributed by atoms with van der Waals surface area (Å²) < 4.78 is 5.90. The number of anilines is 1. The van der Waals surface area contributed by atoms with Crippen LogP contribution >= 0.6 is 28.1 Å². The van der Waals surface area contributed by atoms with E-state index in [0.717, 1.165) is 17.3 Å². The molecule has 0 unspecified atom stereocenters. The molecular weight excluding hydrogens is 316 g/mol. The van der Waals surface area contributed by atoms with Crippen LogP contribution in [0.2, 0.25) is 0 Å². The molecule has 6 heteroatoms. The third-order valence-electron chi connectivity index (χ3n) is 3.07. The molecule has 0 atom stereocenters. The lowest BCUT2D eigenvalue weighted by Crippen LogP contribution is -2.34. The van der Waals surface area contributed by atoms with Crippen LogP contribution in [-0.2, 0) is 4.79 Å². The predicted octanol–water partition coefficient (Wildman–Crippen LogP) is 2.46. The van der Waals surface area contributed by atoms with E-state index in [1.807, 2.05) is 0 Å². The number of amides is 1. The summed E-state index contributed by atoms with van der Waals surface area (Å²) in [5.74, 6) is 0.579. The minimum Gasteiger partial charge on any atom is -0.496 e. The first-order valence-corrected chi connectivity index (χ1v) is 6.64. The van der Waals surface area contributed by atoms with E-state index >= 15 is 0 Å². The normalized spacial score (nSPS) is 15.9. The summed E-state index contributed by atoms with van der Waals surface area (Å²) in [7, 11) is 1.59. The molecule has 0 aromatic heterocycles. The van der Waals surface area contributed by atoms with E-state index < -0.39 is 5.41 Å². The number of methoxy groups -OCH3 is 1. The van der Waals surface area contributed by atoms with E-state index in [0.29, 0.717) is 11.4 Å². The standard InChI is InChI=1S/C12H13BrN2O2S/c1-17-9-3-2-7(6-8(9)13)15-11(16)12(4-5-12)10(14)18/h2-3,6H,4-5H2,1H3,(H2,14,18)(H,15,16). The number of carbonyl (C=O) groups excluding carboxylic acids is 1. The summed E-state index contributed by atoms with van der Waals surface area (Å²) in [4.78, 5) is 12.3. The van der Waals surface area contributed by atoms with Crippen molar-refractivity contribution in [3.63, 3.8) is 0 Å². The fourth-order valence-corrected chi connectivity index (χ4v) is 2.54. The van der Waals surface area contributed by atoms with Crippen LogP contribution in [0, 0.1) is 5.41 Å². The highest BCUT2D eigenvalue weighted by molar-refractivity contribution is 9.10. The van der Waals surface area contributed by atoms with Crippen LogP contribution in [0.25, 0.3) is 0 Å². The fraction of sp³-hybridized carbons (Fsp3) is 0.333. The molecule has 1 fully saturated rings. The Morgan fingerprint density at radius 2 is 2.22 bits per heavy atom. The molecule has 0 spiro atoms. The van der Waals surface area contributed by atoms with Gasteiger partial charge >= 0.3 is 0 Å². The van der Waals surface area contributed by atoms with E-state index in [2.05, 4.69) is 21.2 Å². The first-order chi connectivity index (χ1) is 8.49. The highest BCUT2D eigenvalue weighted by Crippen LogP contribution is 2.47.